The van der Waals surface area contributed by atoms with E-state index in [1.165, 1.54) is 0 Å². The van der Waals surface area contributed by atoms with Crippen LogP contribution in [0.5, 0.6) is 5.75 Å². The van der Waals surface area contributed by atoms with E-state index < -0.39 is 0 Å². The zero-order valence-corrected chi connectivity index (χ0v) is 18.0. The van der Waals surface area contributed by atoms with Gasteiger partial charge in [-0.05, 0) is 67.8 Å². The summed E-state index contributed by atoms with van der Waals surface area (Å²) >= 11 is 6.03. The maximum Gasteiger partial charge on any atom is 0.251 e. The van der Waals surface area contributed by atoms with Crippen LogP contribution in [0.3, 0.4) is 0 Å². The van der Waals surface area contributed by atoms with Crippen LogP contribution in [-0.4, -0.2) is 30.6 Å². The molecule has 158 valence electrons. The zero-order chi connectivity index (χ0) is 21.2. The number of rotatable bonds is 11. The van der Waals surface area contributed by atoms with Gasteiger partial charge in [0.1, 0.15) is 5.75 Å². The van der Waals surface area contributed by atoms with Crippen LogP contribution in [0.1, 0.15) is 43.0 Å². The quantitative estimate of drug-likeness (QED) is 0.387. The number of anilines is 1. The van der Waals surface area contributed by atoms with Gasteiger partial charge in [-0.1, -0.05) is 24.9 Å². The first-order chi connectivity index (χ1) is 14.7. The maximum absolute atomic E-state index is 12.3. The number of hydrogen-bond acceptors (Lipinski definition) is 4. The van der Waals surface area contributed by atoms with Crippen molar-refractivity contribution >= 4 is 34.1 Å². The second-order valence-corrected chi connectivity index (χ2v) is 7.57. The number of aromatic nitrogens is 1. The van der Waals surface area contributed by atoms with Gasteiger partial charge in [-0.2, -0.15) is 0 Å². The van der Waals surface area contributed by atoms with Gasteiger partial charge in [-0.25, -0.2) is 0 Å². The number of nitrogens with zero attached hydrogens (tertiary/aromatic N) is 1. The molecule has 5 nitrogen and oxygen atoms in total. The number of hydrogen-bond donors (Lipinski definition) is 2. The number of unbranched alkanes of at least 4 members (excludes halogenated alkanes) is 2. The number of fused-ring (bicyclic) bond motifs is 1. The van der Waals surface area contributed by atoms with E-state index in [-0.39, 0.29) is 5.91 Å². The first-order valence-electron chi connectivity index (χ1n) is 10.5. The highest BCUT2D eigenvalue weighted by Gasteiger charge is 2.05. The molecule has 0 atom stereocenters. The summed E-state index contributed by atoms with van der Waals surface area (Å²) in [4.78, 5) is 16.6. The molecule has 0 spiro atoms. The van der Waals surface area contributed by atoms with E-state index in [2.05, 4.69) is 22.5 Å². The molecule has 3 rings (SSSR count). The first-order valence-corrected chi connectivity index (χ1v) is 10.8. The molecule has 2 N–H and O–H groups in total. The molecule has 0 saturated heterocycles. The summed E-state index contributed by atoms with van der Waals surface area (Å²) in [6.07, 6.45) is 5.75. The van der Waals surface area contributed by atoms with Gasteiger partial charge in [-0.15, -0.1) is 0 Å². The summed E-state index contributed by atoms with van der Waals surface area (Å²) in [5.74, 6) is 0.747. The predicted octanol–water partition coefficient (Wildman–Crippen LogP) is 5.69. The third kappa shape index (κ3) is 6.36. The molecular formula is C24H28ClN3O2. The van der Waals surface area contributed by atoms with E-state index in [0.29, 0.717) is 23.7 Å². The lowest BCUT2D eigenvalue weighted by atomic mass is 10.2. The molecule has 0 aliphatic rings. The Morgan fingerprint density at radius 2 is 1.83 bits per heavy atom. The molecule has 1 heterocycles. The van der Waals surface area contributed by atoms with E-state index >= 15 is 0 Å². The molecule has 30 heavy (non-hydrogen) atoms. The Kier molecular flexibility index (Phi) is 8.33. The standard InChI is InChI=1S/C24H28ClN3O2/c1-2-3-16-30-20-9-6-18(7-10-20)24(29)28-14-5-4-13-26-22-12-15-27-23-17-19(25)8-11-21(22)23/h6-12,15,17H,2-5,13-14,16H2,1H3,(H,26,27)(H,28,29). The molecule has 1 amide bonds. The summed E-state index contributed by atoms with van der Waals surface area (Å²) in [6, 6.07) is 15.0. The van der Waals surface area contributed by atoms with E-state index in [4.69, 9.17) is 16.3 Å². The van der Waals surface area contributed by atoms with Crippen LogP contribution in [0.2, 0.25) is 5.02 Å². The number of amides is 1. The van der Waals surface area contributed by atoms with Crippen LogP contribution in [0.4, 0.5) is 5.69 Å². The molecule has 0 bridgehead atoms. The lowest BCUT2D eigenvalue weighted by molar-refractivity contribution is 0.0953. The fourth-order valence-electron chi connectivity index (χ4n) is 3.09. The Morgan fingerprint density at radius 3 is 2.63 bits per heavy atom. The van der Waals surface area contributed by atoms with Crippen molar-refractivity contribution in [1.82, 2.24) is 10.3 Å². The number of pyridine rings is 1. The zero-order valence-electron chi connectivity index (χ0n) is 17.3. The number of carbonyl (C=O) groups excluding carboxylic acids is 1. The normalized spacial score (nSPS) is 10.7. The number of nitrogens with one attached hydrogen (secondary N) is 2. The van der Waals surface area contributed by atoms with Crippen molar-refractivity contribution in [3.8, 4) is 5.75 Å². The lowest BCUT2D eigenvalue weighted by Gasteiger charge is -2.10. The molecule has 0 fully saturated rings. The molecule has 6 heteroatoms. The van der Waals surface area contributed by atoms with Gasteiger partial charge in [0.2, 0.25) is 0 Å². The third-order valence-electron chi connectivity index (χ3n) is 4.79. The fourth-order valence-corrected chi connectivity index (χ4v) is 3.26. The second kappa shape index (κ2) is 11.4. The van der Waals surface area contributed by atoms with Crippen molar-refractivity contribution in [2.24, 2.45) is 0 Å². The van der Waals surface area contributed by atoms with Gasteiger partial charge in [0.15, 0.2) is 0 Å². The van der Waals surface area contributed by atoms with Gasteiger partial charge < -0.3 is 15.4 Å². The van der Waals surface area contributed by atoms with Crippen molar-refractivity contribution < 1.29 is 9.53 Å². The summed E-state index contributed by atoms with van der Waals surface area (Å²) in [7, 11) is 0. The van der Waals surface area contributed by atoms with Gasteiger partial charge in [0.05, 0.1) is 12.1 Å². The first kappa shape index (κ1) is 21.9. The smallest absolute Gasteiger partial charge is 0.251 e. The van der Waals surface area contributed by atoms with Crippen LogP contribution in [0, 0.1) is 0 Å². The summed E-state index contributed by atoms with van der Waals surface area (Å²) in [6.45, 7) is 4.30. The highest BCUT2D eigenvalue weighted by molar-refractivity contribution is 6.31. The maximum atomic E-state index is 12.3. The van der Waals surface area contributed by atoms with Crippen molar-refractivity contribution in [1.29, 1.82) is 0 Å². The molecule has 0 unspecified atom stereocenters. The Morgan fingerprint density at radius 1 is 1.03 bits per heavy atom. The largest absolute Gasteiger partial charge is 0.494 e. The third-order valence-corrected chi connectivity index (χ3v) is 5.03. The topological polar surface area (TPSA) is 63.2 Å². The second-order valence-electron chi connectivity index (χ2n) is 7.14. The molecular weight excluding hydrogens is 398 g/mol. The van der Waals surface area contributed by atoms with E-state index in [1.807, 2.05) is 36.4 Å². The van der Waals surface area contributed by atoms with Crippen LogP contribution >= 0.6 is 11.6 Å². The highest BCUT2D eigenvalue weighted by Crippen LogP contribution is 2.24. The highest BCUT2D eigenvalue weighted by atomic mass is 35.5. The van der Waals surface area contributed by atoms with E-state index in [1.54, 1.807) is 18.3 Å². The number of benzene rings is 2. The van der Waals surface area contributed by atoms with Gasteiger partial charge in [0.25, 0.3) is 5.91 Å². The molecule has 0 aliphatic carbocycles. The molecule has 0 saturated carbocycles. The fraction of sp³-hybridized carbons (Fsp3) is 0.333. The predicted molar refractivity (Wildman–Crippen MR) is 124 cm³/mol. The Bertz CT molecular complexity index is 960. The van der Waals surface area contributed by atoms with Crippen molar-refractivity contribution in [3.63, 3.8) is 0 Å². The summed E-state index contributed by atoms with van der Waals surface area (Å²) in [5, 5.41) is 8.15. The van der Waals surface area contributed by atoms with E-state index in [9.17, 15) is 4.79 Å². The average Bonchev–Trinajstić information content (AvgIpc) is 2.76. The lowest BCUT2D eigenvalue weighted by Crippen LogP contribution is -2.24. The number of ether oxygens (including phenoxy) is 1. The Labute approximate surface area is 182 Å². The van der Waals surface area contributed by atoms with Crippen molar-refractivity contribution in [2.45, 2.75) is 32.6 Å². The van der Waals surface area contributed by atoms with Crippen molar-refractivity contribution in [3.05, 3.63) is 65.3 Å². The van der Waals surface area contributed by atoms with E-state index in [0.717, 1.165) is 54.6 Å². The Hall–Kier alpha value is -2.79. The monoisotopic (exact) mass is 425 g/mol. The van der Waals surface area contributed by atoms with Crippen LogP contribution in [0.25, 0.3) is 10.9 Å². The minimum atomic E-state index is -0.0555. The minimum Gasteiger partial charge on any atom is -0.494 e. The molecule has 0 aliphatic heterocycles. The van der Waals surface area contributed by atoms with Gasteiger partial charge in [-0.3, -0.25) is 9.78 Å². The molecule has 0 radical (unpaired) electrons. The SMILES string of the molecule is CCCCOc1ccc(C(=O)NCCCCNc2ccnc3cc(Cl)ccc23)cc1. The number of carbonyl (C=O) groups is 1. The van der Waals surface area contributed by atoms with Crippen LogP contribution in [0.15, 0.2) is 54.7 Å². The molecule has 3 aromatic rings. The average molecular weight is 426 g/mol. The number of halogens is 1. The summed E-state index contributed by atoms with van der Waals surface area (Å²) in [5.41, 5.74) is 2.57. The summed E-state index contributed by atoms with van der Waals surface area (Å²) < 4.78 is 5.63. The Balaban J connectivity index is 1.37. The van der Waals surface area contributed by atoms with Crippen LogP contribution in [-0.2, 0) is 0 Å². The van der Waals surface area contributed by atoms with Gasteiger partial charge >= 0.3 is 0 Å². The van der Waals surface area contributed by atoms with Gasteiger partial charge in [0, 0.05) is 40.9 Å². The molecule has 1 aromatic heterocycles. The van der Waals surface area contributed by atoms with Crippen molar-refractivity contribution in [2.75, 3.05) is 25.0 Å². The van der Waals surface area contributed by atoms with Crippen LogP contribution < -0.4 is 15.4 Å². The molecule has 2 aromatic carbocycles. The minimum absolute atomic E-state index is 0.0555.